The highest BCUT2D eigenvalue weighted by atomic mass is 35.5. The molecule has 21 heavy (non-hydrogen) atoms. The molecular weight excluding hydrogens is 288 g/mol. The largest absolute Gasteiger partial charge is 0.426 e. The summed E-state index contributed by atoms with van der Waals surface area (Å²) in [4.78, 5) is 23.8. The van der Waals surface area contributed by atoms with E-state index in [-0.39, 0.29) is 11.5 Å². The van der Waals surface area contributed by atoms with Crippen molar-refractivity contribution in [3.05, 3.63) is 64.2 Å². The first-order valence-electron chi connectivity index (χ1n) is 6.63. The van der Waals surface area contributed by atoms with Crippen LogP contribution in [0.2, 0.25) is 5.02 Å². The van der Waals surface area contributed by atoms with E-state index >= 15 is 0 Å². The number of aryl methyl sites for hydroxylation is 1. The molecule has 0 saturated heterocycles. The molecule has 0 bridgehead atoms. The van der Waals surface area contributed by atoms with Crippen LogP contribution in [-0.2, 0) is 11.2 Å². The van der Waals surface area contributed by atoms with E-state index in [1.165, 1.54) is 6.92 Å². The van der Waals surface area contributed by atoms with Crippen LogP contribution in [0, 0.1) is 0 Å². The van der Waals surface area contributed by atoms with Crippen LogP contribution in [0.15, 0.2) is 42.5 Å². The van der Waals surface area contributed by atoms with E-state index in [0.717, 1.165) is 12.0 Å². The molecule has 0 N–H and O–H groups in total. The zero-order valence-electron chi connectivity index (χ0n) is 11.9. The van der Waals surface area contributed by atoms with Gasteiger partial charge in [0.25, 0.3) is 0 Å². The Morgan fingerprint density at radius 2 is 1.76 bits per heavy atom. The Balaban J connectivity index is 2.46. The Kier molecular flexibility index (Phi) is 4.76. The average molecular weight is 303 g/mol. The van der Waals surface area contributed by atoms with E-state index in [9.17, 15) is 9.59 Å². The van der Waals surface area contributed by atoms with Crippen molar-refractivity contribution >= 4 is 23.4 Å². The molecule has 2 aromatic carbocycles. The van der Waals surface area contributed by atoms with Gasteiger partial charge >= 0.3 is 5.97 Å². The lowest BCUT2D eigenvalue weighted by molar-refractivity contribution is -0.131. The number of ether oxygens (including phenoxy) is 1. The van der Waals surface area contributed by atoms with Crippen LogP contribution < -0.4 is 4.74 Å². The first-order chi connectivity index (χ1) is 10.0. The van der Waals surface area contributed by atoms with E-state index < -0.39 is 5.97 Å². The summed E-state index contributed by atoms with van der Waals surface area (Å²) in [5.74, 6) is -0.373. The van der Waals surface area contributed by atoms with Crippen LogP contribution in [-0.4, -0.2) is 11.8 Å². The molecule has 0 atom stereocenters. The molecule has 0 saturated carbocycles. The second-order valence-electron chi connectivity index (χ2n) is 4.61. The average Bonchev–Trinajstić information content (AvgIpc) is 2.47. The van der Waals surface area contributed by atoms with Gasteiger partial charge in [-0.3, -0.25) is 9.59 Å². The number of ketones is 1. The Morgan fingerprint density at radius 3 is 2.33 bits per heavy atom. The maximum atomic E-state index is 12.6. The second kappa shape index (κ2) is 6.55. The molecule has 0 fully saturated rings. The molecule has 108 valence electrons. The smallest absolute Gasteiger partial charge is 0.308 e. The van der Waals surface area contributed by atoms with Gasteiger partial charge in [-0.1, -0.05) is 24.6 Å². The summed E-state index contributed by atoms with van der Waals surface area (Å²) in [5.41, 5.74) is 1.89. The van der Waals surface area contributed by atoms with Crippen LogP contribution in [0.3, 0.4) is 0 Å². The molecule has 0 heterocycles. The minimum atomic E-state index is -0.454. The Hall–Kier alpha value is -2.13. The van der Waals surface area contributed by atoms with Gasteiger partial charge in [0.15, 0.2) is 5.78 Å². The van der Waals surface area contributed by atoms with Gasteiger partial charge in [-0.05, 0) is 48.4 Å². The fraction of sp³-hybridized carbons (Fsp3) is 0.176. The first kappa shape index (κ1) is 15.3. The highest BCUT2D eigenvalue weighted by Gasteiger charge is 2.16. The summed E-state index contributed by atoms with van der Waals surface area (Å²) < 4.78 is 5.13. The van der Waals surface area contributed by atoms with Gasteiger partial charge in [0, 0.05) is 17.5 Å². The lowest BCUT2D eigenvalue weighted by Gasteiger charge is -2.10. The molecule has 0 amide bonds. The fourth-order valence-corrected chi connectivity index (χ4v) is 2.10. The summed E-state index contributed by atoms with van der Waals surface area (Å²) in [6, 6.07) is 11.9. The minimum Gasteiger partial charge on any atom is -0.426 e. The predicted octanol–water partition coefficient (Wildman–Crippen LogP) is 4.06. The summed E-state index contributed by atoms with van der Waals surface area (Å²) in [6.45, 7) is 3.31. The standard InChI is InChI=1S/C17H15ClO3/c1-3-12-4-9-16(21-11(2)19)15(10-12)17(20)13-5-7-14(18)8-6-13/h4-10H,3H2,1-2H3. The van der Waals surface area contributed by atoms with Gasteiger partial charge in [-0.15, -0.1) is 0 Å². The van der Waals surface area contributed by atoms with Gasteiger partial charge in [0.05, 0.1) is 5.56 Å². The van der Waals surface area contributed by atoms with Crippen molar-refractivity contribution < 1.29 is 14.3 Å². The molecule has 0 aliphatic rings. The van der Waals surface area contributed by atoms with Gasteiger partial charge in [-0.25, -0.2) is 0 Å². The quantitative estimate of drug-likeness (QED) is 0.486. The number of carbonyl (C=O) groups is 2. The van der Waals surface area contributed by atoms with Crippen LogP contribution >= 0.6 is 11.6 Å². The van der Waals surface area contributed by atoms with E-state index in [1.807, 2.05) is 13.0 Å². The third-order valence-electron chi connectivity index (χ3n) is 3.06. The fourth-order valence-electron chi connectivity index (χ4n) is 1.98. The van der Waals surface area contributed by atoms with E-state index in [2.05, 4.69) is 0 Å². The molecule has 3 nitrogen and oxygen atoms in total. The third kappa shape index (κ3) is 3.70. The number of esters is 1. The number of rotatable bonds is 4. The number of hydrogen-bond acceptors (Lipinski definition) is 3. The van der Waals surface area contributed by atoms with Gasteiger partial charge in [0.2, 0.25) is 0 Å². The van der Waals surface area contributed by atoms with Gasteiger partial charge < -0.3 is 4.74 Å². The van der Waals surface area contributed by atoms with E-state index in [1.54, 1.807) is 36.4 Å². The predicted molar refractivity (Wildman–Crippen MR) is 82.0 cm³/mol. The summed E-state index contributed by atoms with van der Waals surface area (Å²) in [7, 11) is 0. The van der Waals surface area contributed by atoms with Crippen molar-refractivity contribution in [3.63, 3.8) is 0 Å². The molecule has 0 spiro atoms. The SMILES string of the molecule is CCc1ccc(OC(C)=O)c(C(=O)c2ccc(Cl)cc2)c1. The van der Waals surface area contributed by atoms with Crippen molar-refractivity contribution in [1.29, 1.82) is 0 Å². The second-order valence-corrected chi connectivity index (χ2v) is 5.05. The molecule has 0 radical (unpaired) electrons. The molecular formula is C17H15ClO3. The van der Waals surface area contributed by atoms with Crippen LogP contribution in [0.25, 0.3) is 0 Å². The zero-order valence-corrected chi connectivity index (χ0v) is 12.6. The molecule has 0 aliphatic heterocycles. The summed E-state index contributed by atoms with van der Waals surface area (Å²) >= 11 is 5.83. The first-order valence-corrected chi connectivity index (χ1v) is 7.00. The molecule has 2 rings (SSSR count). The zero-order chi connectivity index (χ0) is 15.4. The van der Waals surface area contributed by atoms with E-state index in [0.29, 0.717) is 16.1 Å². The Labute approximate surface area is 128 Å². The number of halogens is 1. The van der Waals surface area contributed by atoms with Crippen molar-refractivity contribution in [2.75, 3.05) is 0 Å². The normalized spacial score (nSPS) is 10.2. The topological polar surface area (TPSA) is 43.4 Å². The van der Waals surface area contributed by atoms with Crippen molar-refractivity contribution in [1.82, 2.24) is 0 Å². The van der Waals surface area contributed by atoms with Gasteiger partial charge in [0.1, 0.15) is 5.75 Å². The highest BCUT2D eigenvalue weighted by Crippen LogP contribution is 2.24. The maximum absolute atomic E-state index is 12.6. The van der Waals surface area contributed by atoms with Crippen LogP contribution in [0.1, 0.15) is 35.3 Å². The lowest BCUT2D eigenvalue weighted by Crippen LogP contribution is -2.09. The van der Waals surface area contributed by atoms with Crippen molar-refractivity contribution in [2.45, 2.75) is 20.3 Å². The Bertz CT molecular complexity index is 675. The molecule has 4 heteroatoms. The Morgan fingerprint density at radius 1 is 1.10 bits per heavy atom. The van der Waals surface area contributed by atoms with Crippen molar-refractivity contribution in [3.8, 4) is 5.75 Å². The molecule has 2 aromatic rings. The van der Waals surface area contributed by atoms with Crippen LogP contribution in [0.5, 0.6) is 5.75 Å². The van der Waals surface area contributed by atoms with Crippen molar-refractivity contribution in [2.24, 2.45) is 0 Å². The highest BCUT2D eigenvalue weighted by molar-refractivity contribution is 6.30. The number of benzene rings is 2. The molecule has 0 aromatic heterocycles. The summed E-state index contributed by atoms with van der Waals surface area (Å²) in [5, 5.41) is 0.564. The lowest BCUT2D eigenvalue weighted by atomic mass is 9.99. The van der Waals surface area contributed by atoms with Crippen LogP contribution in [0.4, 0.5) is 0 Å². The number of hydrogen-bond donors (Lipinski definition) is 0. The maximum Gasteiger partial charge on any atom is 0.308 e. The van der Waals surface area contributed by atoms with E-state index in [4.69, 9.17) is 16.3 Å². The third-order valence-corrected chi connectivity index (χ3v) is 3.31. The minimum absolute atomic E-state index is 0.196. The van der Waals surface area contributed by atoms with Gasteiger partial charge in [-0.2, -0.15) is 0 Å². The monoisotopic (exact) mass is 302 g/mol. The molecule has 0 unspecified atom stereocenters. The molecule has 0 aliphatic carbocycles. The number of carbonyl (C=O) groups excluding carboxylic acids is 2. The summed E-state index contributed by atoms with van der Waals surface area (Å²) in [6.07, 6.45) is 0.793.